The summed E-state index contributed by atoms with van der Waals surface area (Å²) in [5, 5.41) is 10.4. The molecule has 1 aromatic rings. The largest absolute Gasteiger partial charge is 0.391 e. The molecule has 0 spiro atoms. The van der Waals surface area contributed by atoms with Crippen LogP contribution in [-0.2, 0) is 0 Å². The lowest BCUT2D eigenvalue weighted by Gasteiger charge is -2.34. The van der Waals surface area contributed by atoms with E-state index in [0.717, 1.165) is 18.4 Å². The molecule has 1 fully saturated rings. The first-order valence-electron chi connectivity index (χ1n) is 7.10. The van der Waals surface area contributed by atoms with Crippen LogP contribution in [0.5, 0.6) is 0 Å². The third kappa shape index (κ3) is 4.39. The standard InChI is InChI=1S/C16H25NOS.ClH/c1-16(2,3)19-13-10-5-4-9-12(13)14(17)15(18)11-7-6-8-11;/h4-5,9-11,14-15,18H,6-8,17H2,1-3H3;1H/t14-,15+;/m1./s1. The molecule has 0 bridgehead atoms. The Balaban J connectivity index is 0.00000200. The van der Waals surface area contributed by atoms with Gasteiger partial charge in [0, 0.05) is 9.64 Å². The van der Waals surface area contributed by atoms with E-state index in [1.807, 2.05) is 23.9 Å². The second kappa shape index (κ2) is 7.17. The number of hydrogen-bond donors (Lipinski definition) is 2. The number of aliphatic hydroxyl groups excluding tert-OH is 1. The summed E-state index contributed by atoms with van der Waals surface area (Å²) < 4.78 is 0.150. The van der Waals surface area contributed by atoms with Crippen LogP contribution in [0.2, 0.25) is 0 Å². The minimum Gasteiger partial charge on any atom is -0.391 e. The predicted molar refractivity (Wildman–Crippen MR) is 89.6 cm³/mol. The van der Waals surface area contributed by atoms with Gasteiger partial charge in [0.1, 0.15) is 0 Å². The second-order valence-corrected chi connectivity index (χ2v) is 8.33. The van der Waals surface area contributed by atoms with E-state index in [-0.39, 0.29) is 23.2 Å². The highest BCUT2D eigenvalue weighted by Gasteiger charge is 2.32. The average molecular weight is 316 g/mol. The van der Waals surface area contributed by atoms with E-state index in [1.54, 1.807) is 0 Å². The first-order valence-corrected chi connectivity index (χ1v) is 7.92. The highest BCUT2D eigenvalue weighted by molar-refractivity contribution is 8.00. The highest BCUT2D eigenvalue weighted by Crippen LogP contribution is 2.39. The molecule has 0 radical (unpaired) electrons. The fourth-order valence-corrected chi connectivity index (χ4v) is 3.57. The van der Waals surface area contributed by atoms with E-state index in [9.17, 15) is 5.11 Å². The van der Waals surface area contributed by atoms with E-state index in [4.69, 9.17) is 5.73 Å². The van der Waals surface area contributed by atoms with E-state index in [0.29, 0.717) is 5.92 Å². The molecule has 0 aliphatic heterocycles. The fraction of sp³-hybridized carbons (Fsp3) is 0.625. The lowest BCUT2D eigenvalue weighted by Crippen LogP contribution is -2.36. The molecule has 0 saturated heterocycles. The van der Waals surface area contributed by atoms with Crippen LogP contribution in [-0.4, -0.2) is 16.0 Å². The molecule has 1 aliphatic rings. The van der Waals surface area contributed by atoms with Crippen molar-refractivity contribution in [3.8, 4) is 0 Å². The summed E-state index contributed by atoms with van der Waals surface area (Å²) in [6, 6.07) is 7.95. The maximum atomic E-state index is 10.4. The zero-order chi connectivity index (χ0) is 14.0. The first kappa shape index (κ1) is 17.8. The average Bonchev–Trinajstić information content (AvgIpc) is 2.24. The summed E-state index contributed by atoms with van der Waals surface area (Å²) in [6.07, 6.45) is 3.05. The molecule has 1 aromatic carbocycles. The van der Waals surface area contributed by atoms with Gasteiger partial charge in [0.05, 0.1) is 12.1 Å². The van der Waals surface area contributed by atoms with Gasteiger partial charge in [-0.1, -0.05) is 45.4 Å². The van der Waals surface area contributed by atoms with Crippen LogP contribution >= 0.6 is 24.2 Å². The Hall–Kier alpha value is -0.220. The van der Waals surface area contributed by atoms with Crippen molar-refractivity contribution < 1.29 is 5.11 Å². The number of nitrogens with two attached hydrogens (primary N) is 1. The van der Waals surface area contributed by atoms with Crippen LogP contribution in [0, 0.1) is 5.92 Å². The number of halogens is 1. The van der Waals surface area contributed by atoms with Crippen molar-refractivity contribution in [3.63, 3.8) is 0 Å². The summed E-state index contributed by atoms with van der Waals surface area (Å²) in [5.74, 6) is 0.391. The Morgan fingerprint density at radius 2 is 1.85 bits per heavy atom. The monoisotopic (exact) mass is 315 g/mol. The van der Waals surface area contributed by atoms with Crippen LogP contribution in [0.3, 0.4) is 0 Å². The van der Waals surface area contributed by atoms with Crippen molar-refractivity contribution in [3.05, 3.63) is 29.8 Å². The number of aliphatic hydroxyl groups is 1. The van der Waals surface area contributed by atoms with Gasteiger partial charge >= 0.3 is 0 Å². The predicted octanol–water partition coefficient (Wildman–Crippen LogP) is 4.16. The molecule has 20 heavy (non-hydrogen) atoms. The van der Waals surface area contributed by atoms with Crippen molar-refractivity contribution in [2.45, 2.75) is 61.8 Å². The lowest BCUT2D eigenvalue weighted by atomic mass is 9.77. The summed E-state index contributed by atoms with van der Waals surface area (Å²) in [5.41, 5.74) is 7.39. The van der Waals surface area contributed by atoms with Crippen LogP contribution in [0.1, 0.15) is 51.6 Å². The van der Waals surface area contributed by atoms with Crippen LogP contribution < -0.4 is 5.73 Å². The molecule has 4 heteroatoms. The Labute approximate surface area is 132 Å². The molecule has 0 amide bonds. The van der Waals surface area contributed by atoms with Crippen molar-refractivity contribution in [1.29, 1.82) is 0 Å². The third-order valence-electron chi connectivity index (χ3n) is 3.70. The van der Waals surface area contributed by atoms with Gasteiger partial charge in [-0.3, -0.25) is 0 Å². The van der Waals surface area contributed by atoms with Crippen LogP contribution in [0.25, 0.3) is 0 Å². The molecule has 1 aliphatic carbocycles. The Morgan fingerprint density at radius 3 is 2.35 bits per heavy atom. The number of benzene rings is 1. The maximum Gasteiger partial charge on any atom is 0.0761 e. The van der Waals surface area contributed by atoms with Gasteiger partial charge in [0.25, 0.3) is 0 Å². The minimum atomic E-state index is -0.407. The summed E-state index contributed by atoms with van der Waals surface area (Å²) in [6.45, 7) is 6.59. The van der Waals surface area contributed by atoms with Crippen LogP contribution in [0.15, 0.2) is 29.2 Å². The molecule has 2 atom stereocenters. The number of thioether (sulfide) groups is 1. The number of hydrogen-bond acceptors (Lipinski definition) is 3. The normalized spacial score (nSPS) is 18.9. The summed E-state index contributed by atoms with van der Waals surface area (Å²) in [4.78, 5) is 1.20. The molecule has 2 rings (SSSR count). The molecular weight excluding hydrogens is 290 g/mol. The Morgan fingerprint density at radius 1 is 1.25 bits per heavy atom. The topological polar surface area (TPSA) is 46.2 Å². The fourth-order valence-electron chi connectivity index (χ4n) is 2.44. The van der Waals surface area contributed by atoms with Crippen LogP contribution in [0.4, 0.5) is 0 Å². The van der Waals surface area contributed by atoms with Gasteiger partial charge < -0.3 is 10.8 Å². The van der Waals surface area contributed by atoms with Gasteiger partial charge in [-0.25, -0.2) is 0 Å². The van der Waals surface area contributed by atoms with Gasteiger partial charge in [-0.05, 0) is 30.4 Å². The Kier molecular flexibility index (Phi) is 6.39. The molecule has 3 N–H and O–H groups in total. The first-order chi connectivity index (χ1) is 8.88. The molecule has 0 aromatic heterocycles. The lowest BCUT2D eigenvalue weighted by molar-refractivity contribution is 0.0407. The van der Waals surface area contributed by atoms with E-state index < -0.39 is 6.10 Å². The molecule has 0 unspecified atom stereocenters. The smallest absolute Gasteiger partial charge is 0.0761 e. The zero-order valence-electron chi connectivity index (χ0n) is 12.5. The van der Waals surface area contributed by atoms with Crippen molar-refractivity contribution in [2.24, 2.45) is 11.7 Å². The molecule has 0 heterocycles. The summed E-state index contributed by atoms with van der Waals surface area (Å²) in [7, 11) is 0. The van der Waals surface area contributed by atoms with Gasteiger partial charge in [-0.2, -0.15) is 0 Å². The van der Waals surface area contributed by atoms with E-state index in [1.165, 1.54) is 11.3 Å². The molecule has 114 valence electrons. The maximum absolute atomic E-state index is 10.4. The SMILES string of the molecule is CC(C)(C)Sc1ccccc1[C@@H](N)[C@@H](O)C1CCC1.Cl. The van der Waals surface area contributed by atoms with E-state index >= 15 is 0 Å². The molecule has 2 nitrogen and oxygen atoms in total. The summed E-state index contributed by atoms with van der Waals surface area (Å²) >= 11 is 1.82. The highest BCUT2D eigenvalue weighted by atomic mass is 35.5. The molecule has 1 saturated carbocycles. The van der Waals surface area contributed by atoms with Crippen molar-refractivity contribution >= 4 is 24.2 Å². The Bertz CT molecular complexity index is 429. The zero-order valence-corrected chi connectivity index (χ0v) is 14.1. The van der Waals surface area contributed by atoms with E-state index in [2.05, 4.69) is 32.9 Å². The number of rotatable bonds is 4. The van der Waals surface area contributed by atoms with Crippen molar-refractivity contribution in [2.75, 3.05) is 0 Å². The van der Waals surface area contributed by atoms with Gasteiger partial charge in [0.15, 0.2) is 0 Å². The van der Waals surface area contributed by atoms with Crippen molar-refractivity contribution in [1.82, 2.24) is 0 Å². The van der Waals surface area contributed by atoms with Gasteiger partial charge in [0.2, 0.25) is 0 Å². The quantitative estimate of drug-likeness (QED) is 0.820. The van der Waals surface area contributed by atoms with Gasteiger partial charge in [-0.15, -0.1) is 24.2 Å². The minimum absolute atomic E-state index is 0. The second-order valence-electron chi connectivity index (χ2n) is 6.46. The molecular formula is C16H26ClNOS. The third-order valence-corrected chi connectivity index (χ3v) is 4.90.